The van der Waals surface area contributed by atoms with Crippen LogP contribution in [-0.4, -0.2) is 51.5 Å². The number of carbonyl (C=O) groups is 1. The zero-order valence-corrected chi connectivity index (χ0v) is 14.2. The minimum absolute atomic E-state index is 0.102. The summed E-state index contributed by atoms with van der Waals surface area (Å²) in [5, 5.41) is 15.9. The molecule has 1 aromatic carbocycles. The third-order valence-electron chi connectivity index (χ3n) is 4.13. The van der Waals surface area contributed by atoms with Gasteiger partial charge in [0, 0.05) is 42.9 Å². The van der Waals surface area contributed by atoms with Crippen LogP contribution in [-0.2, 0) is 21.4 Å². The number of alkyl halides is 2. The van der Waals surface area contributed by atoms with E-state index in [1.807, 2.05) is 0 Å². The Hall–Kier alpha value is -2.21. The van der Waals surface area contributed by atoms with E-state index in [1.165, 1.54) is 6.07 Å². The van der Waals surface area contributed by atoms with Crippen molar-refractivity contribution in [1.29, 1.82) is 0 Å². The number of amides is 1. The van der Waals surface area contributed by atoms with Gasteiger partial charge in [0.25, 0.3) is 5.91 Å². The predicted molar refractivity (Wildman–Crippen MR) is 87.1 cm³/mol. The van der Waals surface area contributed by atoms with E-state index in [0.29, 0.717) is 16.5 Å². The maximum atomic E-state index is 14.9. The first-order valence-corrected chi connectivity index (χ1v) is 9.26. The average Bonchev–Trinajstić information content (AvgIpc) is 3.04. The molecule has 1 amide bonds. The topological polar surface area (TPSA) is 111 Å². The van der Waals surface area contributed by atoms with Crippen LogP contribution in [0.1, 0.15) is 12.0 Å². The summed E-state index contributed by atoms with van der Waals surface area (Å²) >= 11 is 0. The maximum absolute atomic E-state index is 14.9. The first-order valence-electron chi connectivity index (χ1n) is 7.82. The fourth-order valence-corrected chi connectivity index (χ4v) is 4.17. The standard InChI is InChI=1S/C14H17F3N4O4S/c15-11(16)1-2-18-5-7-3-8-9(19-7)4-10(22)14(13(8)17)21-6-12(23)20-26(21,24)25/h4,7,11,18-19,22H,1-3,5-6H2,(H,20,23)/t7-/m1/s1. The SMILES string of the molecule is O=C1CN(c2c(O)cc3c(c2F)C[C@H](CNCCC(F)F)N3)S(=O)(=O)N1. The number of aromatic hydroxyl groups is 1. The number of hydrogen-bond acceptors (Lipinski definition) is 6. The van der Waals surface area contributed by atoms with Crippen LogP contribution in [0.2, 0.25) is 0 Å². The highest BCUT2D eigenvalue weighted by Crippen LogP contribution is 2.41. The van der Waals surface area contributed by atoms with Crippen LogP contribution in [0.15, 0.2) is 6.07 Å². The summed E-state index contributed by atoms with van der Waals surface area (Å²) in [6.07, 6.45) is -2.54. The van der Waals surface area contributed by atoms with E-state index in [2.05, 4.69) is 10.6 Å². The van der Waals surface area contributed by atoms with Gasteiger partial charge in [-0.25, -0.2) is 22.2 Å². The Labute approximate surface area is 147 Å². The minimum atomic E-state index is -4.26. The Balaban J connectivity index is 1.78. The number of fused-ring (bicyclic) bond motifs is 1. The van der Waals surface area contributed by atoms with E-state index >= 15 is 0 Å². The lowest BCUT2D eigenvalue weighted by Crippen LogP contribution is -2.32. The lowest BCUT2D eigenvalue weighted by molar-refractivity contribution is -0.117. The van der Waals surface area contributed by atoms with Gasteiger partial charge in [0.05, 0.1) is 0 Å². The molecule has 3 rings (SSSR count). The number of carbonyl (C=O) groups excluding carboxylic acids is 1. The number of nitrogens with zero attached hydrogens (tertiary/aromatic N) is 1. The van der Waals surface area contributed by atoms with E-state index in [1.54, 1.807) is 4.72 Å². The van der Waals surface area contributed by atoms with Gasteiger partial charge < -0.3 is 15.7 Å². The van der Waals surface area contributed by atoms with E-state index in [-0.39, 0.29) is 31.0 Å². The summed E-state index contributed by atoms with van der Waals surface area (Å²) in [6, 6.07) is 0.882. The molecule has 2 heterocycles. The van der Waals surface area contributed by atoms with E-state index in [0.717, 1.165) is 0 Å². The second-order valence-corrected chi connectivity index (χ2v) is 7.65. The Morgan fingerprint density at radius 2 is 2.15 bits per heavy atom. The molecule has 1 saturated heterocycles. The second kappa shape index (κ2) is 6.83. The smallest absolute Gasteiger partial charge is 0.326 e. The molecule has 2 aliphatic rings. The zero-order chi connectivity index (χ0) is 19.1. The molecule has 0 spiro atoms. The third-order valence-corrected chi connectivity index (χ3v) is 5.51. The number of benzene rings is 1. The van der Waals surface area contributed by atoms with Gasteiger partial charge >= 0.3 is 10.2 Å². The number of phenolic OH excluding ortho intramolecular Hbond substituents is 1. The number of nitrogens with one attached hydrogen (secondary N) is 3. The summed E-state index contributed by atoms with van der Waals surface area (Å²) in [6.45, 7) is -0.235. The molecule has 2 aliphatic heterocycles. The second-order valence-electron chi connectivity index (χ2n) is 6.05. The zero-order valence-electron chi connectivity index (χ0n) is 13.4. The van der Waals surface area contributed by atoms with Gasteiger partial charge in [-0.15, -0.1) is 0 Å². The summed E-state index contributed by atoms with van der Waals surface area (Å²) in [4.78, 5) is 11.3. The summed E-state index contributed by atoms with van der Waals surface area (Å²) < 4.78 is 65.1. The molecule has 0 saturated carbocycles. The van der Waals surface area contributed by atoms with Crippen LogP contribution in [0, 0.1) is 5.82 Å². The molecule has 0 radical (unpaired) electrons. The van der Waals surface area contributed by atoms with Crippen molar-refractivity contribution in [1.82, 2.24) is 10.0 Å². The molecule has 12 heteroatoms. The first-order chi connectivity index (χ1) is 12.2. The number of anilines is 2. The van der Waals surface area contributed by atoms with Crippen molar-refractivity contribution >= 4 is 27.5 Å². The van der Waals surface area contributed by atoms with Gasteiger partial charge in [-0.3, -0.25) is 4.79 Å². The number of halogens is 3. The summed E-state index contributed by atoms with van der Waals surface area (Å²) in [5.74, 6) is -2.40. The van der Waals surface area contributed by atoms with Crippen LogP contribution in [0.3, 0.4) is 0 Å². The molecular weight excluding hydrogens is 377 g/mol. The van der Waals surface area contributed by atoms with Gasteiger partial charge in [0.15, 0.2) is 5.82 Å². The van der Waals surface area contributed by atoms with Gasteiger partial charge in [-0.05, 0) is 6.42 Å². The van der Waals surface area contributed by atoms with Gasteiger partial charge in [-0.1, -0.05) is 0 Å². The Bertz CT molecular complexity index is 834. The number of hydrogen-bond donors (Lipinski definition) is 4. The van der Waals surface area contributed by atoms with E-state index in [4.69, 9.17) is 0 Å². The van der Waals surface area contributed by atoms with Gasteiger partial charge in [0.1, 0.15) is 18.0 Å². The summed E-state index contributed by atoms with van der Waals surface area (Å²) in [5.41, 5.74) is -0.136. The van der Waals surface area contributed by atoms with Crippen LogP contribution < -0.4 is 19.7 Å². The Morgan fingerprint density at radius 3 is 2.77 bits per heavy atom. The van der Waals surface area contributed by atoms with Crippen LogP contribution in [0.5, 0.6) is 5.75 Å². The van der Waals surface area contributed by atoms with Gasteiger partial charge in [-0.2, -0.15) is 8.42 Å². The molecule has 26 heavy (non-hydrogen) atoms. The lowest BCUT2D eigenvalue weighted by Gasteiger charge is -2.18. The average molecular weight is 394 g/mol. The number of phenols is 1. The van der Waals surface area contributed by atoms with Crippen molar-refractivity contribution in [2.45, 2.75) is 25.3 Å². The van der Waals surface area contributed by atoms with Crippen molar-refractivity contribution in [3.8, 4) is 5.75 Å². The summed E-state index contributed by atoms with van der Waals surface area (Å²) in [7, 11) is -4.26. The van der Waals surface area contributed by atoms with Crippen molar-refractivity contribution in [3.63, 3.8) is 0 Å². The molecule has 0 aliphatic carbocycles. The molecular formula is C14H17F3N4O4S. The molecule has 8 nitrogen and oxygen atoms in total. The molecule has 1 aromatic rings. The molecule has 0 aromatic heterocycles. The normalized spacial score (nSPS) is 21.0. The highest BCUT2D eigenvalue weighted by atomic mass is 32.2. The highest BCUT2D eigenvalue weighted by molar-refractivity contribution is 7.92. The first kappa shape index (κ1) is 18.6. The van der Waals surface area contributed by atoms with E-state index < -0.39 is 46.3 Å². The third kappa shape index (κ3) is 3.51. The highest BCUT2D eigenvalue weighted by Gasteiger charge is 2.39. The molecule has 0 bridgehead atoms. The van der Waals surface area contributed by atoms with Crippen LogP contribution >= 0.6 is 0 Å². The van der Waals surface area contributed by atoms with Crippen LogP contribution in [0.4, 0.5) is 24.5 Å². The largest absolute Gasteiger partial charge is 0.506 e. The Morgan fingerprint density at radius 1 is 1.42 bits per heavy atom. The van der Waals surface area contributed by atoms with Crippen molar-refractivity contribution < 1.29 is 31.5 Å². The minimum Gasteiger partial charge on any atom is -0.506 e. The van der Waals surface area contributed by atoms with Crippen LogP contribution in [0.25, 0.3) is 0 Å². The fraction of sp³-hybridized carbons (Fsp3) is 0.500. The van der Waals surface area contributed by atoms with Crippen molar-refractivity contribution in [2.24, 2.45) is 0 Å². The quantitative estimate of drug-likeness (QED) is 0.517. The monoisotopic (exact) mass is 394 g/mol. The Kier molecular flexibility index (Phi) is 4.88. The van der Waals surface area contributed by atoms with E-state index in [9.17, 15) is 31.5 Å². The maximum Gasteiger partial charge on any atom is 0.326 e. The number of rotatable bonds is 6. The van der Waals surface area contributed by atoms with Crippen molar-refractivity contribution in [2.75, 3.05) is 29.3 Å². The molecule has 1 atom stereocenters. The molecule has 4 N–H and O–H groups in total. The lowest BCUT2D eigenvalue weighted by atomic mass is 10.1. The van der Waals surface area contributed by atoms with Crippen molar-refractivity contribution in [3.05, 3.63) is 17.4 Å². The molecule has 1 fully saturated rings. The molecule has 144 valence electrons. The van der Waals surface area contributed by atoms with Gasteiger partial charge in [0.2, 0.25) is 6.43 Å². The fourth-order valence-electron chi connectivity index (χ4n) is 3.01. The molecule has 0 unspecified atom stereocenters. The predicted octanol–water partition coefficient (Wildman–Crippen LogP) is 0.294.